The van der Waals surface area contributed by atoms with Gasteiger partial charge in [-0.1, -0.05) is 48.5 Å². The summed E-state index contributed by atoms with van der Waals surface area (Å²) in [6.07, 6.45) is 3.86. The number of likely N-dealkylation sites (tertiary alicyclic amines) is 1. The van der Waals surface area contributed by atoms with E-state index < -0.39 is 0 Å². The summed E-state index contributed by atoms with van der Waals surface area (Å²) in [6, 6.07) is 22.8. The lowest BCUT2D eigenvalue weighted by atomic mass is 9.84. The largest absolute Gasteiger partial charge is 0.361 e. The Labute approximate surface area is 212 Å². The summed E-state index contributed by atoms with van der Waals surface area (Å²) in [5, 5.41) is 3.36. The van der Waals surface area contributed by atoms with Crippen molar-refractivity contribution in [1.29, 1.82) is 0 Å². The molecule has 1 N–H and O–H groups in total. The van der Waals surface area contributed by atoms with Crippen LogP contribution in [0.4, 0.5) is 0 Å². The van der Waals surface area contributed by atoms with E-state index >= 15 is 0 Å². The van der Waals surface area contributed by atoms with Gasteiger partial charge in [0.2, 0.25) is 5.91 Å². The molecular weight excluding hydrogens is 452 g/mol. The van der Waals surface area contributed by atoms with Crippen molar-refractivity contribution in [1.82, 2.24) is 19.7 Å². The summed E-state index contributed by atoms with van der Waals surface area (Å²) in [6.45, 7) is 2.23. The number of H-pyrrole nitrogens is 1. The van der Waals surface area contributed by atoms with Crippen LogP contribution in [-0.2, 0) is 16.9 Å². The fourth-order valence-electron chi connectivity index (χ4n) is 5.52. The molecule has 4 aromatic rings. The van der Waals surface area contributed by atoms with Crippen LogP contribution >= 0.6 is 11.3 Å². The molecule has 1 unspecified atom stereocenters. The zero-order valence-electron chi connectivity index (χ0n) is 20.8. The van der Waals surface area contributed by atoms with Gasteiger partial charge in [-0.15, -0.1) is 11.3 Å². The standard InChI is InChI=1S/C29H34N4OS/c1-31(2)29(26-10-7-19-35-26)14-17-33(18-15-29)28(34)27(24-8-5-4-6-9-24)32(3)21-22-11-12-23-13-16-30-25(23)20-22/h4-13,16,19-20,27,30H,14-15,17-18,21H2,1-3H3. The number of hydrogen-bond acceptors (Lipinski definition) is 4. The van der Waals surface area contributed by atoms with E-state index in [1.54, 1.807) is 0 Å². The van der Waals surface area contributed by atoms with Crippen LogP contribution < -0.4 is 0 Å². The van der Waals surface area contributed by atoms with Crippen molar-refractivity contribution >= 4 is 28.1 Å². The number of carbonyl (C=O) groups excluding carboxylic acids is 1. The zero-order valence-corrected chi connectivity index (χ0v) is 21.6. The second kappa shape index (κ2) is 9.97. The summed E-state index contributed by atoms with van der Waals surface area (Å²) in [7, 11) is 6.39. The molecule has 2 aromatic carbocycles. The number of likely N-dealkylation sites (N-methyl/N-ethyl adjacent to an activating group) is 1. The molecule has 182 valence electrons. The summed E-state index contributed by atoms with van der Waals surface area (Å²) >= 11 is 1.82. The number of carbonyl (C=O) groups is 1. The smallest absolute Gasteiger partial charge is 0.244 e. The number of nitrogens with one attached hydrogen (secondary N) is 1. The predicted octanol–water partition coefficient (Wildman–Crippen LogP) is 5.48. The number of rotatable bonds is 7. The van der Waals surface area contributed by atoms with Crippen LogP contribution in [0.3, 0.4) is 0 Å². The summed E-state index contributed by atoms with van der Waals surface area (Å²) in [4.78, 5) is 25.3. The molecule has 0 spiro atoms. The minimum atomic E-state index is -0.316. The summed E-state index contributed by atoms with van der Waals surface area (Å²) < 4.78 is 0. The van der Waals surface area contributed by atoms with E-state index in [1.165, 1.54) is 15.8 Å². The second-order valence-corrected chi connectivity index (χ2v) is 10.8. The Morgan fingerprint density at radius 1 is 1.03 bits per heavy atom. The molecule has 1 atom stereocenters. The number of aromatic nitrogens is 1. The van der Waals surface area contributed by atoms with Crippen molar-refractivity contribution in [3.63, 3.8) is 0 Å². The zero-order chi connectivity index (χ0) is 24.4. The number of benzene rings is 2. The number of thiophene rings is 1. The maximum Gasteiger partial charge on any atom is 0.244 e. The lowest BCUT2D eigenvalue weighted by Gasteiger charge is -2.46. The van der Waals surface area contributed by atoms with Gasteiger partial charge in [0, 0.05) is 36.2 Å². The molecular formula is C29H34N4OS. The van der Waals surface area contributed by atoms with Gasteiger partial charge in [-0.25, -0.2) is 0 Å². The number of amides is 1. The molecule has 0 aliphatic carbocycles. The molecule has 6 heteroatoms. The highest BCUT2D eigenvalue weighted by Crippen LogP contribution is 2.40. The normalized spacial score (nSPS) is 16.8. The van der Waals surface area contributed by atoms with E-state index in [1.807, 2.05) is 35.7 Å². The number of hydrogen-bond donors (Lipinski definition) is 1. The van der Waals surface area contributed by atoms with Crippen molar-refractivity contribution in [3.05, 3.63) is 94.3 Å². The highest BCUT2D eigenvalue weighted by Gasteiger charge is 2.41. The Hall–Kier alpha value is -2.93. The van der Waals surface area contributed by atoms with Gasteiger partial charge in [0.25, 0.3) is 0 Å². The first-order valence-electron chi connectivity index (χ1n) is 12.3. The number of nitrogens with zero attached hydrogens (tertiary/aromatic N) is 3. The van der Waals surface area contributed by atoms with E-state index in [2.05, 4.69) is 94.7 Å². The van der Waals surface area contributed by atoms with Crippen LogP contribution in [-0.4, -0.2) is 59.8 Å². The van der Waals surface area contributed by atoms with Gasteiger partial charge in [0.05, 0.1) is 5.54 Å². The third kappa shape index (κ3) is 4.66. The molecule has 1 aliphatic rings. The second-order valence-electron chi connectivity index (χ2n) is 9.86. The van der Waals surface area contributed by atoms with Crippen LogP contribution in [0.5, 0.6) is 0 Å². The van der Waals surface area contributed by atoms with Crippen molar-refractivity contribution in [2.75, 3.05) is 34.2 Å². The molecule has 1 amide bonds. The molecule has 35 heavy (non-hydrogen) atoms. The average molecular weight is 487 g/mol. The van der Waals surface area contributed by atoms with E-state index in [9.17, 15) is 4.79 Å². The minimum absolute atomic E-state index is 0.00451. The maximum absolute atomic E-state index is 14.0. The molecule has 1 saturated heterocycles. The van der Waals surface area contributed by atoms with Crippen molar-refractivity contribution < 1.29 is 4.79 Å². The molecule has 0 radical (unpaired) electrons. The van der Waals surface area contributed by atoms with Gasteiger partial charge >= 0.3 is 0 Å². The molecule has 0 bridgehead atoms. The van der Waals surface area contributed by atoms with Gasteiger partial charge < -0.3 is 9.88 Å². The van der Waals surface area contributed by atoms with Gasteiger partial charge in [0.1, 0.15) is 6.04 Å². The Balaban J connectivity index is 1.37. The van der Waals surface area contributed by atoms with Gasteiger partial charge in [-0.3, -0.25) is 14.6 Å². The van der Waals surface area contributed by atoms with E-state index in [0.717, 1.165) is 37.0 Å². The lowest BCUT2D eigenvalue weighted by molar-refractivity contribution is -0.139. The van der Waals surface area contributed by atoms with Crippen LogP contribution in [0.1, 0.15) is 34.9 Å². The number of fused-ring (bicyclic) bond motifs is 1. The Morgan fingerprint density at radius 2 is 1.80 bits per heavy atom. The van der Waals surface area contributed by atoms with Gasteiger partial charge in [-0.2, -0.15) is 0 Å². The van der Waals surface area contributed by atoms with Crippen LogP contribution in [0.15, 0.2) is 78.3 Å². The molecule has 3 heterocycles. The maximum atomic E-state index is 14.0. The van der Waals surface area contributed by atoms with Crippen molar-refractivity contribution in [2.24, 2.45) is 0 Å². The molecule has 1 fully saturated rings. The summed E-state index contributed by atoms with van der Waals surface area (Å²) in [5.41, 5.74) is 3.37. The Kier molecular flexibility index (Phi) is 6.78. The summed E-state index contributed by atoms with van der Waals surface area (Å²) in [5.74, 6) is 0.193. The molecule has 2 aromatic heterocycles. The third-order valence-corrected chi connectivity index (χ3v) is 8.64. The first-order valence-corrected chi connectivity index (χ1v) is 13.2. The highest BCUT2D eigenvalue weighted by atomic mass is 32.1. The van der Waals surface area contributed by atoms with Crippen LogP contribution in [0, 0.1) is 0 Å². The first kappa shape index (κ1) is 23.8. The monoisotopic (exact) mass is 486 g/mol. The van der Waals surface area contributed by atoms with Gasteiger partial charge in [-0.05, 0) is 74.1 Å². The fourth-order valence-corrected chi connectivity index (χ4v) is 6.59. The predicted molar refractivity (Wildman–Crippen MR) is 144 cm³/mol. The topological polar surface area (TPSA) is 42.6 Å². The molecule has 5 nitrogen and oxygen atoms in total. The van der Waals surface area contributed by atoms with Crippen molar-refractivity contribution in [2.45, 2.75) is 31.0 Å². The third-order valence-electron chi connectivity index (χ3n) is 7.58. The lowest BCUT2D eigenvalue weighted by Crippen LogP contribution is -2.53. The van der Waals surface area contributed by atoms with E-state index in [-0.39, 0.29) is 17.5 Å². The Morgan fingerprint density at radius 3 is 2.49 bits per heavy atom. The number of piperidine rings is 1. The van der Waals surface area contributed by atoms with E-state index in [0.29, 0.717) is 6.54 Å². The highest BCUT2D eigenvalue weighted by molar-refractivity contribution is 7.10. The number of aromatic amines is 1. The SMILES string of the molecule is CN(Cc1ccc2cc[nH]c2c1)C(C(=O)N1CCC(c2cccs2)(N(C)C)CC1)c1ccccc1. The fraction of sp³-hybridized carbons (Fsp3) is 0.345. The molecule has 1 aliphatic heterocycles. The van der Waals surface area contributed by atoms with Gasteiger partial charge in [0.15, 0.2) is 0 Å². The van der Waals surface area contributed by atoms with Crippen LogP contribution in [0.25, 0.3) is 10.9 Å². The average Bonchev–Trinajstić information content (AvgIpc) is 3.57. The molecule has 0 saturated carbocycles. The Bertz CT molecular complexity index is 1260. The minimum Gasteiger partial charge on any atom is -0.361 e. The quantitative estimate of drug-likeness (QED) is 0.376. The molecule has 5 rings (SSSR count). The van der Waals surface area contributed by atoms with E-state index in [4.69, 9.17) is 0 Å². The van der Waals surface area contributed by atoms with Crippen molar-refractivity contribution in [3.8, 4) is 0 Å². The van der Waals surface area contributed by atoms with Crippen LogP contribution in [0.2, 0.25) is 0 Å². The first-order chi connectivity index (χ1) is 17.0.